The summed E-state index contributed by atoms with van der Waals surface area (Å²) in [5.74, 6) is 0.996. The molecule has 4 aromatic carbocycles. The molecule has 0 radical (unpaired) electrons. The van der Waals surface area contributed by atoms with Gasteiger partial charge in [-0.15, -0.1) is 0 Å². The van der Waals surface area contributed by atoms with Crippen molar-refractivity contribution in [2.45, 2.75) is 31.7 Å². The number of nitrogens with two attached hydrogens (primary N) is 1. The normalized spacial score (nSPS) is 13.7. The Morgan fingerprint density at radius 2 is 1.65 bits per heavy atom. The minimum absolute atomic E-state index is 0.00137. The third-order valence-electron chi connectivity index (χ3n) is 8.28. The Labute approximate surface area is 250 Å². The van der Waals surface area contributed by atoms with Crippen molar-refractivity contribution in [3.8, 4) is 0 Å². The maximum Gasteiger partial charge on any atom is 0.319 e. The number of amides is 3. The van der Waals surface area contributed by atoms with Crippen molar-refractivity contribution < 1.29 is 9.59 Å². The number of piperidine rings is 1. The number of nitrogens with one attached hydrogen (secondary N) is 3. The smallest absolute Gasteiger partial charge is 0.319 e. The van der Waals surface area contributed by atoms with Gasteiger partial charge in [0.25, 0.3) is 5.91 Å². The number of nitrogens with zero attached hydrogens (tertiary/aromatic N) is 3. The summed E-state index contributed by atoms with van der Waals surface area (Å²) in [4.78, 5) is 32.8. The Morgan fingerprint density at radius 3 is 2.42 bits per heavy atom. The zero-order valence-electron chi connectivity index (χ0n) is 24.1. The molecule has 0 atom stereocenters. The van der Waals surface area contributed by atoms with E-state index in [1.807, 2.05) is 96.9 Å². The van der Waals surface area contributed by atoms with Crippen LogP contribution < -0.4 is 16.4 Å². The maximum absolute atomic E-state index is 13.4. The number of nitrogen functional groups attached to an aromatic ring is 1. The van der Waals surface area contributed by atoms with Gasteiger partial charge in [-0.25, -0.2) is 9.78 Å². The van der Waals surface area contributed by atoms with Crippen LogP contribution >= 0.6 is 0 Å². The lowest BCUT2D eigenvalue weighted by atomic mass is 10.0. The molecule has 0 unspecified atom stereocenters. The van der Waals surface area contributed by atoms with E-state index in [0.717, 1.165) is 51.7 Å². The van der Waals surface area contributed by atoms with E-state index < -0.39 is 0 Å². The molecule has 9 nitrogen and oxygen atoms in total. The lowest BCUT2D eigenvalue weighted by molar-refractivity contribution is 0.0709. The number of fused-ring (bicyclic) bond motifs is 2. The van der Waals surface area contributed by atoms with Crippen LogP contribution in [0.25, 0.3) is 21.8 Å². The highest BCUT2D eigenvalue weighted by Crippen LogP contribution is 2.24. The van der Waals surface area contributed by atoms with E-state index in [4.69, 9.17) is 16.1 Å². The first kappa shape index (κ1) is 28.0. The van der Waals surface area contributed by atoms with E-state index in [-0.39, 0.29) is 23.8 Å². The highest BCUT2D eigenvalue weighted by Gasteiger charge is 2.25. The number of carbonyl (C=O) groups is 2. The number of likely N-dealkylation sites (tertiary alicyclic amines) is 1. The van der Waals surface area contributed by atoms with Crippen LogP contribution in [0.3, 0.4) is 0 Å². The number of rotatable bonds is 7. The predicted octanol–water partition coefficient (Wildman–Crippen LogP) is 5.22. The fourth-order valence-electron chi connectivity index (χ4n) is 5.80. The molecule has 5 aromatic rings. The van der Waals surface area contributed by atoms with Gasteiger partial charge in [0, 0.05) is 49.1 Å². The van der Waals surface area contributed by atoms with Crippen LogP contribution in [0, 0.1) is 5.41 Å². The molecule has 3 amide bonds. The molecule has 1 saturated heterocycles. The van der Waals surface area contributed by atoms with Gasteiger partial charge in [-0.2, -0.15) is 0 Å². The fraction of sp³-hybridized carbons (Fsp3) is 0.235. The van der Waals surface area contributed by atoms with Gasteiger partial charge in [-0.1, -0.05) is 60.7 Å². The maximum atomic E-state index is 13.4. The lowest BCUT2D eigenvalue weighted by Gasteiger charge is -2.32. The number of carbonyl (C=O) groups excluding carboxylic acids is 2. The van der Waals surface area contributed by atoms with Crippen LogP contribution in [0.1, 0.15) is 40.2 Å². The second kappa shape index (κ2) is 12.0. The molecule has 0 aliphatic carbocycles. The average molecular weight is 574 g/mol. The summed E-state index contributed by atoms with van der Waals surface area (Å²) < 4.78 is 2.08. The van der Waals surface area contributed by atoms with Crippen molar-refractivity contribution in [2.24, 2.45) is 12.8 Å². The fourth-order valence-corrected chi connectivity index (χ4v) is 5.80. The molecule has 6 rings (SSSR count). The summed E-state index contributed by atoms with van der Waals surface area (Å²) in [5, 5.41) is 15.7. The van der Waals surface area contributed by atoms with E-state index in [1.165, 1.54) is 0 Å². The Morgan fingerprint density at radius 1 is 0.930 bits per heavy atom. The molecule has 1 fully saturated rings. The summed E-state index contributed by atoms with van der Waals surface area (Å²) in [6.45, 7) is 1.15. The molecule has 1 aliphatic rings. The molecular formula is C34H35N7O2. The van der Waals surface area contributed by atoms with E-state index in [2.05, 4.69) is 15.2 Å². The highest BCUT2D eigenvalue weighted by molar-refractivity contribution is 6.01. The molecule has 0 saturated carbocycles. The minimum atomic E-state index is -0.231. The molecule has 0 spiro atoms. The van der Waals surface area contributed by atoms with Gasteiger partial charge in [0.05, 0.1) is 16.7 Å². The molecule has 43 heavy (non-hydrogen) atoms. The predicted molar refractivity (Wildman–Crippen MR) is 171 cm³/mol. The van der Waals surface area contributed by atoms with Crippen molar-refractivity contribution in [3.63, 3.8) is 0 Å². The van der Waals surface area contributed by atoms with E-state index in [9.17, 15) is 9.59 Å². The zero-order chi connectivity index (χ0) is 29.9. The summed E-state index contributed by atoms with van der Waals surface area (Å²) in [6, 6.07) is 27.0. The van der Waals surface area contributed by atoms with E-state index in [1.54, 1.807) is 0 Å². The van der Waals surface area contributed by atoms with E-state index in [0.29, 0.717) is 37.1 Å². The third kappa shape index (κ3) is 6.06. The van der Waals surface area contributed by atoms with E-state index >= 15 is 0 Å². The molecule has 5 N–H and O–H groups in total. The largest absolute Gasteiger partial charge is 0.384 e. The summed E-state index contributed by atoms with van der Waals surface area (Å²) in [5.41, 5.74) is 10.6. The summed E-state index contributed by atoms with van der Waals surface area (Å²) >= 11 is 0. The molecule has 9 heteroatoms. The van der Waals surface area contributed by atoms with Crippen LogP contribution in [0.4, 0.5) is 10.5 Å². The van der Waals surface area contributed by atoms with Gasteiger partial charge >= 0.3 is 6.03 Å². The van der Waals surface area contributed by atoms with Crippen molar-refractivity contribution in [1.29, 1.82) is 5.41 Å². The van der Waals surface area contributed by atoms with Crippen molar-refractivity contribution in [2.75, 3.05) is 18.4 Å². The molecule has 1 aromatic heterocycles. The van der Waals surface area contributed by atoms with Crippen LogP contribution in [-0.4, -0.2) is 51.4 Å². The number of aryl methyl sites for hydroxylation is 3. The molecule has 0 bridgehead atoms. The number of amidine groups is 1. The van der Waals surface area contributed by atoms with Gasteiger partial charge < -0.3 is 25.8 Å². The molecule has 2 heterocycles. The van der Waals surface area contributed by atoms with Crippen molar-refractivity contribution in [3.05, 3.63) is 107 Å². The number of aromatic nitrogens is 2. The number of hydrogen-bond acceptors (Lipinski definition) is 4. The molecule has 1 aliphatic heterocycles. The standard InChI is InChI=1S/C34H35N7O2/c1-40-30-15-14-25(21-29(30)38-31(40)16-11-22-9-12-24(13-10-22)32(35)36)33(42)41-19-17-26(18-20-41)37-34(43)39-28-8-4-6-23-5-2-3-7-27(23)28/h2-10,12-15,21,26H,11,16-20H2,1H3,(H3,35,36)(H2,37,39,43). The summed E-state index contributed by atoms with van der Waals surface area (Å²) in [7, 11) is 2.00. The Kier molecular flexibility index (Phi) is 7.79. The molecular weight excluding hydrogens is 538 g/mol. The van der Waals surface area contributed by atoms with Crippen LogP contribution in [-0.2, 0) is 19.9 Å². The number of imidazole rings is 1. The lowest BCUT2D eigenvalue weighted by Crippen LogP contribution is -2.47. The van der Waals surface area contributed by atoms with Crippen molar-refractivity contribution in [1.82, 2.24) is 19.8 Å². The van der Waals surface area contributed by atoms with Crippen LogP contribution in [0.2, 0.25) is 0 Å². The van der Waals surface area contributed by atoms with Gasteiger partial charge in [0.2, 0.25) is 0 Å². The second-order valence-electron chi connectivity index (χ2n) is 11.1. The first-order valence-corrected chi connectivity index (χ1v) is 14.6. The number of anilines is 1. The van der Waals surface area contributed by atoms with Gasteiger partial charge in [-0.05, 0) is 54.5 Å². The minimum Gasteiger partial charge on any atom is -0.384 e. The average Bonchev–Trinajstić information content (AvgIpc) is 3.34. The second-order valence-corrected chi connectivity index (χ2v) is 11.1. The van der Waals surface area contributed by atoms with Gasteiger partial charge in [0.1, 0.15) is 11.7 Å². The van der Waals surface area contributed by atoms with Gasteiger partial charge in [0.15, 0.2) is 0 Å². The number of urea groups is 1. The van der Waals surface area contributed by atoms with Crippen LogP contribution in [0.15, 0.2) is 84.9 Å². The Hall–Kier alpha value is -5.18. The first-order valence-electron chi connectivity index (χ1n) is 14.6. The number of hydrogen-bond donors (Lipinski definition) is 4. The number of benzene rings is 4. The Balaban J connectivity index is 1.04. The summed E-state index contributed by atoms with van der Waals surface area (Å²) in [6.07, 6.45) is 2.95. The third-order valence-corrected chi connectivity index (χ3v) is 8.28. The Bertz CT molecular complexity index is 1810. The highest BCUT2D eigenvalue weighted by atomic mass is 16.2. The SMILES string of the molecule is Cn1c(CCc2ccc(C(=N)N)cc2)nc2cc(C(=O)N3CCC(NC(=O)Nc4cccc5ccccc45)CC3)ccc21. The first-order chi connectivity index (χ1) is 20.9. The van der Waals surface area contributed by atoms with Crippen LogP contribution in [0.5, 0.6) is 0 Å². The van der Waals surface area contributed by atoms with Crippen molar-refractivity contribution >= 4 is 45.3 Å². The monoisotopic (exact) mass is 573 g/mol. The van der Waals surface area contributed by atoms with Gasteiger partial charge in [-0.3, -0.25) is 10.2 Å². The topological polar surface area (TPSA) is 129 Å². The zero-order valence-corrected chi connectivity index (χ0v) is 24.1. The molecule has 218 valence electrons. The quantitative estimate of drug-likeness (QED) is 0.157.